The number of ether oxygens (including phenoxy) is 1. The normalized spacial score (nSPS) is 18.0. The first-order valence-corrected chi connectivity index (χ1v) is 8.25. The highest BCUT2D eigenvalue weighted by Crippen LogP contribution is 2.42. The Morgan fingerprint density at radius 3 is 2.61 bits per heavy atom. The van der Waals surface area contributed by atoms with Crippen LogP contribution in [0.15, 0.2) is 4.90 Å². The third-order valence-electron chi connectivity index (χ3n) is 3.09. The second-order valence-corrected chi connectivity index (χ2v) is 7.32. The first-order valence-electron chi connectivity index (χ1n) is 5.56. The second-order valence-electron chi connectivity index (χ2n) is 4.46. The molecule has 102 valence electrons. The summed E-state index contributed by atoms with van der Waals surface area (Å²) in [5, 5.41) is 4.29. The van der Waals surface area contributed by atoms with Crippen molar-refractivity contribution in [2.75, 3.05) is 7.11 Å². The van der Waals surface area contributed by atoms with Gasteiger partial charge >= 0.3 is 0 Å². The van der Waals surface area contributed by atoms with E-state index in [2.05, 4.69) is 5.10 Å². The second kappa shape index (κ2) is 5.00. The van der Waals surface area contributed by atoms with Crippen molar-refractivity contribution < 1.29 is 13.2 Å². The average Bonchev–Trinajstić information content (AvgIpc) is 3.02. The van der Waals surface area contributed by atoms with E-state index in [1.807, 2.05) is 6.92 Å². The Morgan fingerprint density at radius 1 is 1.56 bits per heavy atom. The number of rotatable bonds is 5. The number of nitrogens with zero attached hydrogens (tertiary/aromatic N) is 2. The van der Waals surface area contributed by atoms with Gasteiger partial charge < -0.3 is 4.74 Å². The third-order valence-corrected chi connectivity index (χ3v) is 4.95. The van der Waals surface area contributed by atoms with E-state index < -0.39 is 9.05 Å². The van der Waals surface area contributed by atoms with Gasteiger partial charge in [0, 0.05) is 17.8 Å². The fourth-order valence-corrected chi connectivity index (χ4v) is 3.85. The van der Waals surface area contributed by atoms with Gasteiger partial charge in [-0.1, -0.05) is 11.6 Å². The predicted octanol–water partition coefficient (Wildman–Crippen LogP) is 2.58. The van der Waals surface area contributed by atoms with Crippen molar-refractivity contribution in [1.82, 2.24) is 9.78 Å². The molecule has 1 aromatic rings. The molecule has 8 heteroatoms. The van der Waals surface area contributed by atoms with E-state index in [9.17, 15) is 8.42 Å². The predicted molar refractivity (Wildman–Crippen MR) is 68.4 cm³/mol. The van der Waals surface area contributed by atoms with Crippen molar-refractivity contribution in [3.8, 4) is 0 Å². The van der Waals surface area contributed by atoms with Crippen molar-refractivity contribution in [3.63, 3.8) is 0 Å². The van der Waals surface area contributed by atoms with Gasteiger partial charge in [0.2, 0.25) is 0 Å². The molecule has 0 radical (unpaired) electrons. The van der Waals surface area contributed by atoms with Gasteiger partial charge in [0.25, 0.3) is 9.05 Å². The summed E-state index contributed by atoms with van der Waals surface area (Å²) in [5.74, 6) is 0.503. The molecule has 1 aliphatic carbocycles. The van der Waals surface area contributed by atoms with E-state index in [4.69, 9.17) is 27.0 Å². The number of aromatic nitrogens is 2. The van der Waals surface area contributed by atoms with Gasteiger partial charge in [-0.25, -0.2) is 13.1 Å². The molecular formula is C10H14Cl2N2O3S. The Hall–Kier alpha value is -0.300. The van der Waals surface area contributed by atoms with Crippen molar-refractivity contribution in [2.24, 2.45) is 5.92 Å². The molecule has 1 aliphatic rings. The minimum atomic E-state index is -3.93. The van der Waals surface area contributed by atoms with Gasteiger partial charge in [-0.15, -0.1) is 0 Å². The summed E-state index contributed by atoms with van der Waals surface area (Å²) in [6, 6.07) is 0.0697. The zero-order valence-electron chi connectivity index (χ0n) is 10.1. The van der Waals surface area contributed by atoms with E-state index >= 15 is 0 Å². The van der Waals surface area contributed by atoms with Crippen LogP contribution < -0.4 is 0 Å². The molecule has 1 unspecified atom stereocenters. The Morgan fingerprint density at radius 2 is 2.17 bits per heavy atom. The molecule has 0 saturated heterocycles. The molecular weight excluding hydrogens is 299 g/mol. The van der Waals surface area contributed by atoms with Crippen molar-refractivity contribution >= 4 is 31.3 Å². The highest BCUT2D eigenvalue weighted by atomic mass is 35.7. The molecule has 1 atom stereocenters. The van der Waals surface area contributed by atoms with Crippen LogP contribution in [0.2, 0.25) is 5.15 Å². The minimum absolute atomic E-state index is 0.0609. The van der Waals surface area contributed by atoms with Crippen LogP contribution in [0.3, 0.4) is 0 Å². The third kappa shape index (κ3) is 2.66. The molecule has 5 nitrogen and oxygen atoms in total. The fourth-order valence-electron chi connectivity index (χ4n) is 1.96. The van der Waals surface area contributed by atoms with Crippen LogP contribution in [0, 0.1) is 5.92 Å². The summed E-state index contributed by atoms with van der Waals surface area (Å²) in [6.07, 6.45) is 2.22. The molecule has 0 aromatic carbocycles. The van der Waals surface area contributed by atoms with Crippen LogP contribution in [0.1, 0.15) is 31.5 Å². The lowest BCUT2D eigenvalue weighted by Gasteiger charge is -2.11. The van der Waals surface area contributed by atoms with E-state index in [1.54, 1.807) is 0 Å². The fraction of sp³-hybridized carbons (Fsp3) is 0.700. The standard InChI is InChI=1S/C10H14Cl2N2O3S/c1-6(7-3-4-7)14-10(11)9(18(12,15)16)8(13-14)5-17-2/h6-7H,3-5H2,1-2H3. The van der Waals surface area contributed by atoms with Gasteiger partial charge in [0.15, 0.2) is 0 Å². The smallest absolute Gasteiger partial charge is 0.266 e. The van der Waals surface area contributed by atoms with Gasteiger partial charge in [0.1, 0.15) is 15.7 Å². The maximum atomic E-state index is 11.5. The highest BCUT2D eigenvalue weighted by Gasteiger charge is 2.34. The van der Waals surface area contributed by atoms with Crippen molar-refractivity contribution in [3.05, 3.63) is 10.8 Å². The van der Waals surface area contributed by atoms with Crippen LogP contribution in [0.5, 0.6) is 0 Å². The number of hydrogen-bond acceptors (Lipinski definition) is 4. The largest absolute Gasteiger partial charge is 0.378 e. The average molecular weight is 313 g/mol. The molecule has 0 aliphatic heterocycles. The molecule has 0 spiro atoms. The van der Waals surface area contributed by atoms with Crippen LogP contribution in [0.4, 0.5) is 0 Å². The van der Waals surface area contributed by atoms with E-state index in [0.717, 1.165) is 12.8 Å². The van der Waals surface area contributed by atoms with Gasteiger partial charge in [-0.05, 0) is 25.7 Å². The first kappa shape index (κ1) is 14.1. The number of methoxy groups -OCH3 is 1. The molecule has 1 saturated carbocycles. The molecule has 2 rings (SSSR count). The maximum absolute atomic E-state index is 11.5. The molecule has 1 fully saturated rings. The summed E-state index contributed by atoms with van der Waals surface area (Å²) < 4.78 is 29.5. The van der Waals surface area contributed by atoms with Gasteiger partial charge in [-0.3, -0.25) is 0 Å². The lowest BCUT2D eigenvalue weighted by atomic mass is 10.2. The lowest BCUT2D eigenvalue weighted by Crippen LogP contribution is -2.09. The summed E-state index contributed by atoms with van der Waals surface area (Å²) in [7, 11) is 2.93. The highest BCUT2D eigenvalue weighted by molar-refractivity contribution is 8.13. The van der Waals surface area contributed by atoms with E-state index in [0.29, 0.717) is 5.92 Å². The zero-order chi connectivity index (χ0) is 13.5. The molecule has 0 bridgehead atoms. The summed E-state index contributed by atoms with van der Waals surface area (Å²) >= 11 is 6.10. The van der Waals surface area contributed by atoms with E-state index in [1.165, 1.54) is 11.8 Å². The Bertz CT molecular complexity index is 552. The Balaban J connectivity index is 2.49. The number of halogens is 2. The SMILES string of the molecule is COCc1nn(C(C)C2CC2)c(Cl)c1S(=O)(=O)Cl. The topological polar surface area (TPSA) is 61.2 Å². The number of hydrogen-bond donors (Lipinski definition) is 0. The summed E-state index contributed by atoms with van der Waals surface area (Å²) in [5.41, 5.74) is 0.255. The Kier molecular flexibility index (Phi) is 3.92. The molecule has 1 aromatic heterocycles. The molecule has 0 N–H and O–H groups in total. The minimum Gasteiger partial charge on any atom is -0.378 e. The zero-order valence-corrected chi connectivity index (χ0v) is 12.4. The molecule has 0 amide bonds. The first-order chi connectivity index (χ1) is 8.36. The van der Waals surface area contributed by atoms with Crippen LogP contribution in [-0.2, 0) is 20.4 Å². The Labute approximate surface area is 115 Å². The van der Waals surface area contributed by atoms with Gasteiger partial charge in [-0.2, -0.15) is 5.10 Å². The monoisotopic (exact) mass is 312 g/mol. The maximum Gasteiger partial charge on any atom is 0.266 e. The summed E-state index contributed by atoms with van der Waals surface area (Å²) in [6.45, 7) is 2.03. The molecule has 18 heavy (non-hydrogen) atoms. The van der Waals surface area contributed by atoms with Crippen LogP contribution in [-0.4, -0.2) is 25.3 Å². The van der Waals surface area contributed by atoms with Crippen molar-refractivity contribution in [2.45, 2.75) is 37.3 Å². The quantitative estimate of drug-likeness (QED) is 0.784. The van der Waals surface area contributed by atoms with Crippen LogP contribution >= 0.6 is 22.3 Å². The molecule has 1 heterocycles. The van der Waals surface area contributed by atoms with Crippen molar-refractivity contribution in [1.29, 1.82) is 0 Å². The summed E-state index contributed by atoms with van der Waals surface area (Å²) in [4.78, 5) is -0.139. The van der Waals surface area contributed by atoms with Crippen LogP contribution in [0.25, 0.3) is 0 Å². The van der Waals surface area contributed by atoms with E-state index in [-0.39, 0.29) is 28.4 Å². The lowest BCUT2D eigenvalue weighted by molar-refractivity contribution is 0.178. The van der Waals surface area contributed by atoms with Gasteiger partial charge in [0.05, 0.1) is 12.6 Å².